The van der Waals surface area contributed by atoms with Gasteiger partial charge in [-0.15, -0.1) is 0 Å². The first-order valence-corrected chi connectivity index (χ1v) is 10.5. The van der Waals surface area contributed by atoms with Crippen molar-refractivity contribution in [2.24, 2.45) is 0 Å². The van der Waals surface area contributed by atoms with Gasteiger partial charge in [-0.2, -0.15) is 0 Å². The fourth-order valence-corrected chi connectivity index (χ4v) is 3.60. The van der Waals surface area contributed by atoms with Crippen molar-refractivity contribution >= 4 is 21.6 Å². The molecule has 0 fully saturated rings. The van der Waals surface area contributed by atoms with Crippen LogP contribution in [0.2, 0.25) is 0 Å². The lowest BCUT2D eigenvalue weighted by atomic mass is 10.2. The number of nitrogens with one attached hydrogen (secondary N) is 2. The van der Waals surface area contributed by atoms with E-state index in [4.69, 9.17) is 9.15 Å². The van der Waals surface area contributed by atoms with E-state index in [1.807, 2.05) is 13.8 Å². The molecular weight excluding hydrogens is 392 g/mol. The van der Waals surface area contributed by atoms with Crippen LogP contribution in [0.3, 0.4) is 0 Å². The number of ether oxygens (including phenoxy) is 1. The van der Waals surface area contributed by atoms with E-state index in [1.165, 1.54) is 18.4 Å². The first-order chi connectivity index (χ1) is 13.8. The molecule has 2 N–H and O–H groups in total. The molecular formula is C21H22N2O5S. The number of hydrogen-bond donors (Lipinski definition) is 2. The first-order valence-electron chi connectivity index (χ1n) is 9.04. The van der Waals surface area contributed by atoms with Gasteiger partial charge in [-0.05, 0) is 68.4 Å². The fourth-order valence-electron chi connectivity index (χ4n) is 2.56. The summed E-state index contributed by atoms with van der Waals surface area (Å²) in [5.41, 5.74) is 0.809. The molecule has 0 aliphatic rings. The van der Waals surface area contributed by atoms with E-state index in [0.717, 1.165) is 0 Å². The van der Waals surface area contributed by atoms with Gasteiger partial charge < -0.3 is 14.5 Å². The van der Waals surface area contributed by atoms with Crippen molar-refractivity contribution in [3.05, 3.63) is 78.3 Å². The molecule has 0 aliphatic heterocycles. The number of hydrogen-bond acceptors (Lipinski definition) is 5. The van der Waals surface area contributed by atoms with E-state index in [0.29, 0.717) is 22.8 Å². The Labute approximate surface area is 169 Å². The average Bonchev–Trinajstić information content (AvgIpc) is 3.20. The minimum Gasteiger partial charge on any atom is -0.491 e. The van der Waals surface area contributed by atoms with E-state index in [9.17, 15) is 13.2 Å². The molecule has 0 saturated heterocycles. The molecule has 0 aliphatic carbocycles. The van der Waals surface area contributed by atoms with Gasteiger partial charge in [0, 0.05) is 11.3 Å². The van der Waals surface area contributed by atoms with Gasteiger partial charge in [-0.25, -0.2) is 13.1 Å². The van der Waals surface area contributed by atoms with E-state index in [1.54, 1.807) is 48.5 Å². The normalized spacial score (nSPS) is 11.4. The van der Waals surface area contributed by atoms with E-state index >= 15 is 0 Å². The highest BCUT2D eigenvalue weighted by molar-refractivity contribution is 7.89. The second kappa shape index (κ2) is 8.93. The highest BCUT2D eigenvalue weighted by Crippen LogP contribution is 2.18. The van der Waals surface area contributed by atoms with Crippen LogP contribution >= 0.6 is 0 Å². The largest absolute Gasteiger partial charge is 0.491 e. The Morgan fingerprint density at radius 1 is 1.07 bits per heavy atom. The minimum atomic E-state index is -3.75. The van der Waals surface area contributed by atoms with Crippen molar-refractivity contribution < 1.29 is 22.4 Å². The summed E-state index contributed by atoms with van der Waals surface area (Å²) in [5.74, 6) is 0.828. The molecule has 0 spiro atoms. The molecule has 0 radical (unpaired) electrons. The lowest BCUT2D eigenvalue weighted by Crippen LogP contribution is -2.23. The first kappa shape index (κ1) is 20.6. The van der Waals surface area contributed by atoms with Gasteiger partial charge in [0.05, 0.1) is 23.8 Å². The predicted octanol–water partition coefficient (Wildman–Crippen LogP) is 3.80. The smallest absolute Gasteiger partial charge is 0.255 e. The molecule has 8 heteroatoms. The van der Waals surface area contributed by atoms with Crippen LogP contribution in [0.15, 0.2) is 76.2 Å². The van der Waals surface area contributed by atoms with Crippen LogP contribution in [0.5, 0.6) is 5.75 Å². The summed E-state index contributed by atoms with van der Waals surface area (Å²) in [6.45, 7) is 3.88. The Kier molecular flexibility index (Phi) is 6.36. The number of carbonyl (C=O) groups is 1. The maximum absolute atomic E-state index is 12.5. The number of anilines is 1. The molecule has 0 saturated carbocycles. The SMILES string of the molecule is CC(C)Oc1ccc(C(=O)Nc2cccc(S(=O)(=O)NCc3ccco3)c2)cc1. The fraction of sp³-hybridized carbons (Fsp3) is 0.190. The van der Waals surface area contributed by atoms with Crippen molar-refractivity contribution in [1.82, 2.24) is 4.72 Å². The van der Waals surface area contributed by atoms with Crippen molar-refractivity contribution in [3.63, 3.8) is 0 Å². The zero-order valence-corrected chi connectivity index (χ0v) is 16.9. The van der Waals surface area contributed by atoms with Crippen molar-refractivity contribution in [1.29, 1.82) is 0 Å². The summed E-state index contributed by atoms with van der Waals surface area (Å²) >= 11 is 0. The second-order valence-electron chi connectivity index (χ2n) is 6.58. The lowest BCUT2D eigenvalue weighted by Gasteiger charge is -2.11. The Hall–Kier alpha value is -3.10. The zero-order chi connectivity index (χ0) is 20.9. The van der Waals surface area contributed by atoms with Crippen LogP contribution in [-0.4, -0.2) is 20.4 Å². The van der Waals surface area contributed by atoms with E-state index in [2.05, 4.69) is 10.0 Å². The van der Waals surface area contributed by atoms with E-state index in [-0.39, 0.29) is 23.5 Å². The molecule has 7 nitrogen and oxygen atoms in total. The number of furan rings is 1. The Bertz CT molecular complexity index is 1060. The molecule has 1 aromatic heterocycles. The topological polar surface area (TPSA) is 97.6 Å². The third-order valence-corrected chi connectivity index (χ3v) is 5.31. The number of sulfonamides is 1. The second-order valence-corrected chi connectivity index (χ2v) is 8.34. The van der Waals surface area contributed by atoms with Crippen LogP contribution in [0.25, 0.3) is 0 Å². The van der Waals surface area contributed by atoms with Crippen LogP contribution in [0.4, 0.5) is 5.69 Å². The summed E-state index contributed by atoms with van der Waals surface area (Å²) < 4.78 is 38.1. The van der Waals surface area contributed by atoms with Crippen molar-refractivity contribution in [2.75, 3.05) is 5.32 Å². The van der Waals surface area contributed by atoms with Crippen molar-refractivity contribution in [3.8, 4) is 5.75 Å². The molecule has 0 unspecified atom stereocenters. The third-order valence-electron chi connectivity index (χ3n) is 3.91. The van der Waals surface area contributed by atoms with Gasteiger partial charge in [0.1, 0.15) is 11.5 Å². The molecule has 3 aromatic rings. The lowest BCUT2D eigenvalue weighted by molar-refractivity contribution is 0.102. The van der Waals surface area contributed by atoms with Crippen molar-refractivity contribution in [2.45, 2.75) is 31.4 Å². The Morgan fingerprint density at radius 3 is 2.48 bits per heavy atom. The summed E-state index contributed by atoms with van der Waals surface area (Å²) in [5, 5.41) is 2.71. The predicted molar refractivity (Wildman–Crippen MR) is 109 cm³/mol. The monoisotopic (exact) mass is 414 g/mol. The molecule has 29 heavy (non-hydrogen) atoms. The molecule has 3 rings (SSSR count). The highest BCUT2D eigenvalue weighted by atomic mass is 32.2. The third kappa shape index (κ3) is 5.69. The summed E-state index contributed by atoms with van der Waals surface area (Å²) in [4.78, 5) is 12.5. The minimum absolute atomic E-state index is 0.0384. The van der Waals surface area contributed by atoms with Gasteiger partial charge in [0.15, 0.2) is 0 Å². The zero-order valence-electron chi connectivity index (χ0n) is 16.1. The van der Waals surface area contributed by atoms with Crippen LogP contribution in [0, 0.1) is 0 Å². The standard InChI is InChI=1S/C21H22N2O5S/c1-15(2)28-18-10-8-16(9-11-18)21(24)23-17-5-3-7-20(13-17)29(25,26)22-14-19-6-4-12-27-19/h3-13,15,22H,14H2,1-2H3,(H,23,24). The van der Waals surface area contributed by atoms with Gasteiger partial charge in [-0.3, -0.25) is 4.79 Å². The molecule has 0 bridgehead atoms. The average molecular weight is 414 g/mol. The molecule has 0 atom stereocenters. The number of amides is 1. The van der Waals surface area contributed by atoms with Crippen LogP contribution in [0.1, 0.15) is 30.0 Å². The summed E-state index contributed by atoms with van der Waals surface area (Å²) in [6, 6.07) is 16.1. The number of benzene rings is 2. The maximum atomic E-state index is 12.5. The van der Waals surface area contributed by atoms with E-state index < -0.39 is 10.0 Å². The number of rotatable bonds is 8. The number of carbonyl (C=O) groups excluding carboxylic acids is 1. The van der Waals surface area contributed by atoms with Crippen LogP contribution in [-0.2, 0) is 16.6 Å². The molecule has 152 valence electrons. The molecule has 1 heterocycles. The van der Waals surface area contributed by atoms with Gasteiger partial charge in [0.2, 0.25) is 10.0 Å². The van der Waals surface area contributed by atoms with Gasteiger partial charge in [-0.1, -0.05) is 6.07 Å². The highest BCUT2D eigenvalue weighted by Gasteiger charge is 2.16. The summed E-state index contributed by atoms with van der Waals surface area (Å²) in [6.07, 6.45) is 1.52. The van der Waals surface area contributed by atoms with Gasteiger partial charge in [0.25, 0.3) is 5.91 Å². The Balaban J connectivity index is 1.68. The maximum Gasteiger partial charge on any atom is 0.255 e. The van der Waals surface area contributed by atoms with Crippen LogP contribution < -0.4 is 14.8 Å². The quantitative estimate of drug-likeness (QED) is 0.584. The summed E-state index contributed by atoms with van der Waals surface area (Å²) in [7, 11) is -3.75. The molecule has 2 aromatic carbocycles. The Morgan fingerprint density at radius 2 is 1.83 bits per heavy atom. The molecule has 1 amide bonds. The van der Waals surface area contributed by atoms with Gasteiger partial charge >= 0.3 is 0 Å².